The monoisotopic (exact) mass is 280 g/mol. The lowest BCUT2D eigenvalue weighted by Crippen LogP contribution is -2.17. The van der Waals surface area contributed by atoms with Crippen molar-refractivity contribution in [3.05, 3.63) is 34.9 Å². The average Bonchev–Trinajstić information content (AvgIpc) is 2.82. The molecule has 2 rings (SSSR count). The minimum absolute atomic E-state index is 0.149. The van der Waals surface area contributed by atoms with E-state index in [4.69, 9.17) is 31.2 Å². The molecule has 6 heteroatoms. The fraction of sp³-hybridized carbons (Fsp3) is 0.385. The first-order valence-corrected chi connectivity index (χ1v) is 6.20. The Labute approximate surface area is 116 Å². The Bertz CT molecular complexity index is 496. The molecule has 19 heavy (non-hydrogen) atoms. The van der Waals surface area contributed by atoms with Gasteiger partial charge in [-0.3, -0.25) is 0 Å². The highest BCUT2D eigenvalue weighted by molar-refractivity contribution is 6.30. The van der Waals surface area contributed by atoms with Gasteiger partial charge in [-0.15, -0.1) is 0 Å². The summed E-state index contributed by atoms with van der Waals surface area (Å²) in [5.41, 5.74) is 0.854. The average molecular weight is 281 g/mol. The summed E-state index contributed by atoms with van der Waals surface area (Å²) in [6.45, 7) is 2.54. The molecular weight excluding hydrogens is 268 g/mol. The highest BCUT2D eigenvalue weighted by atomic mass is 35.5. The zero-order chi connectivity index (χ0) is 13.7. The van der Waals surface area contributed by atoms with E-state index in [0.29, 0.717) is 17.2 Å². The first-order chi connectivity index (χ1) is 9.19. The number of ether oxygens (including phenoxy) is 2. The van der Waals surface area contributed by atoms with E-state index in [2.05, 4.69) is 5.16 Å². The maximum atomic E-state index is 9.03. The van der Waals surface area contributed by atoms with E-state index in [0.717, 1.165) is 0 Å². The number of hydrogen-bond acceptors (Lipinski definition) is 5. The molecule has 0 saturated carbocycles. The Hall–Kier alpha value is -1.61. The van der Waals surface area contributed by atoms with Crippen molar-refractivity contribution in [1.82, 2.24) is 0 Å². The van der Waals surface area contributed by atoms with Gasteiger partial charge in [-0.05, 0) is 19.1 Å². The standard InChI is InChI=1S/C13H13ClN2O3/c1-9-17-7-12(19-9)8-18-16-13(6-15)10-2-4-11(14)5-3-10/h2-5,9,12H,7-8H2,1H3/b16-13+. The largest absolute Gasteiger partial charge is 0.392 e. The molecule has 2 atom stereocenters. The van der Waals surface area contributed by atoms with Crippen LogP contribution in [0.4, 0.5) is 0 Å². The van der Waals surface area contributed by atoms with Crippen molar-refractivity contribution < 1.29 is 14.3 Å². The quantitative estimate of drug-likeness (QED) is 0.627. The van der Waals surface area contributed by atoms with E-state index in [9.17, 15) is 0 Å². The fourth-order valence-electron chi connectivity index (χ4n) is 1.61. The van der Waals surface area contributed by atoms with Gasteiger partial charge in [-0.2, -0.15) is 5.26 Å². The SMILES string of the molecule is CC1OCC(CO/N=C(\C#N)c2ccc(Cl)cc2)O1. The van der Waals surface area contributed by atoms with Gasteiger partial charge < -0.3 is 14.3 Å². The van der Waals surface area contributed by atoms with Crippen LogP contribution in [0, 0.1) is 11.3 Å². The topological polar surface area (TPSA) is 63.8 Å². The Morgan fingerprint density at radius 2 is 2.26 bits per heavy atom. The predicted molar refractivity (Wildman–Crippen MR) is 69.8 cm³/mol. The molecule has 0 aromatic heterocycles. The molecule has 1 aromatic rings. The van der Waals surface area contributed by atoms with Gasteiger partial charge in [-0.1, -0.05) is 28.9 Å². The maximum Gasteiger partial charge on any atom is 0.186 e. The van der Waals surface area contributed by atoms with Crippen molar-refractivity contribution in [2.24, 2.45) is 5.16 Å². The number of halogens is 1. The molecule has 0 radical (unpaired) electrons. The number of rotatable bonds is 4. The minimum atomic E-state index is -0.218. The Balaban J connectivity index is 1.92. The van der Waals surface area contributed by atoms with E-state index in [1.54, 1.807) is 24.3 Å². The minimum Gasteiger partial charge on any atom is -0.392 e. The summed E-state index contributed by atoms with van der Waals surface area (Å²) in [5.74, 6) is 0. The van der Waals surface area contributed by atoms with Gasteiger partial charge in [0.25, 0.3) is 0 Å². The third-order valence-corrected chi connectivity index (χ3v) is 2.79. The molecular formula is C13H13ClN2O3. The first kappa shape index (κ1) is 13.8. The van der Waals surface area contributed by atoms with Gasteiger partial charge in [0.15, 0.2) is 12.0 Å². The zero-order valence-corrected chi connectivity index (χ0v) is 11.1. The first-order valence-electron chi connectivity index (χ1n) is 5.82. The van der Waals surface area contributed by atoms with Crippen molar-refractivity contribution >= 4 is 17.3 Å². The van der Waals surface area contributed by atoms with Crippen LogP contribution in [-0.2, 0) is 14.3 Å². The van der Waals surface area contributed by atoms with Gasteiger partial charge in [0.1, 0.15) is 18.8 Å². The second-order valence-electron chi connectivity index (χ2n) is 4.01. The highest BCUT2D eigenvalue weighted by Gasteiger charge is 2.22. The molecule has 0 N–H and O–H groups in total. The van der Waals surface area contributed by atoms with Gasteiger partial charge >= 0.3 is 0 Å². The zero-order valence-electron chi connectivity index (χ0n) is 10.4. The Kier molecular flexibility index (Phi) is 4.74. The molecule has 1 saturated heterocycles. The lowest BCUT2D eigenvalue weighted by atomic mass is 10.1. The van der Waals surface area contributed by atoms with Crippen LogP contribution in [0.15, 0.2) is 29.4 Å². The van der Waals surface area contributed by atoms with E-state index in [1.807, 2.05) is 13.0 Å². The van der Waals surface area contributed by atoms with Crippen LogP contribution in [0.2, 0.25) is 5.02 Å². The molecule has 100 valence electrons. The van der Waals surface area contributed by atoms with Crippen molar-refractivity contribution in [2.75, 3.05) is 13.2 Å². The lowest BCUT2D eigenvalue weighted by molar-refractivity contribution is -0.0578. The molecule has 1 aliphatic heterocycles. The summed E-state index contributed by atoms with van der Waals surface area (Å²) in [7, 11) is 0. The van der Waals surface area contributed by atoms with Crippen molar-refractivity contribution in [3.8, 4) is 6.07 Å². The molecule has 1 heterocycles. The second-order valence-corrected chi connectivity index (χ2v) is 4.45. The van der Waals surface area contributed by atoms with Gasteiger partial charge in [0, 0.05) is 10.6 Å². The summed E-state index contributed by atoms with van der Waals surface area (Å²) >= 11 is 5.78. The van der Waals surface area contributed by atoms with Crippen LogP contribution < -0.4 is 0 Å². The molecule has 1 aromatic carbocycles. The number of hydrogen-bond donors (Lipinski definition) is 0. The summed E-state index contributed by atoms with van der Waals surface area (Å²) in [6.07, 6.45) is -0.367. The third-order valence-electron chi connectivity index (χ3n) is 2.54. The predicted octanol–water partition coefficient (Wildman–Crippen LogP) is 2.35. The van der Waals surface area contributed by atoms with Gasteiger partial charge in [0.05, 0.1) is 6.61 Å². The summed E-state index contributed by atoms with van der Waals surface area (Å²) in [5, 5.41) is 13.4. The summed E-state index contributed by atoms with van der Waals surface area (Å²) < 4.78 is 10.6. The number of benzene rings is 1. The molecule has 0 spiro atoms. The van der Waals surface area contributed by atoms with Crippen LogP contribution in [0.25, 0.3) is 0 Å². The van der Waals surface area contributed by atoms with Crippen LogP contribution in [0.5, 0.6) is 0 Å². The molecule has 2 unspecified atom stereocenters. The highest BCUT2D eigenvalue weighted by Crippen LogP contribution is 2.12. The van der Waals surface area contributed by atoms with Crippen molar-refractivity contribution in [1.29, 1.82) is 5.26 Å². The molecule has 5 nitrogen and oxygen atoms in total. The summed E-state index contributed by atoms with van der Waals surface area (Å²) in [6, 6.07) is 8.80. The van der Waals surface area contributed by atoms with Gasteiger partial charge in [0.2, 0.25) is 0 Å². The molecule has 1 fully saturated rings. The van der Waals surface area contributed by atoms with Crippen molar-refractivity contribution in [2.45, 2.75) is 19.3 Å². The fourth-order valence-corrected chi connectivity index (χ4v) is 1.74. The Morgan fingerprint density at radius 1 is 1.53 bits per heavy atom. The van der Waals surface area contributed by atoms with E-state index in [1.165, 1.54) is 0 Å². The molecule has 0 bridgehead atoms. The third kappa shape index (κ3) is 3.93. The van der Waals surface area contributed by atoms with Gasteiger partial charge in [-0.25, -0.2) is 0 Å². The number of nitriles is 1. The lowest BCUT2D eigenvalue weighted by Gasteiger charge is -2.06. The van der Waals surface area contributed by atoms with Crippen molar-refractivity contribution in [3.63, 3.8) is 0 Å². The Morgan fingerprint density at radius 3 is 2.84 bits per heavy atom. The van der Waals surface area contributed by atoms with Crippen LogP contribution >= 0.6 is 11.6 Å². The van der Waals surface area contributed by atoms with Crippen LogP contribution in [0.3, 0.4) is 0 Å². The number of oxime groups is 1. The summed E-state index contributed by atoms with van der Waals surface area (Å²) in [4.78, 5) is 5.13. The van der Waals surface area contributed by atoms with E-state index in [-0.39, 0.29) is 24.7 Å². The van der Waals surface area contributed by atoms with Crippen LogP contribution in [0.1, 0.15) is 12.5 Å². The molecule has 0 aliphatic carbocycles. The molecule has 1 aliphatic rings. The number of nitrogens with zero attached hydrogens (tertiary/aromatic N) is 2. The maximum absolute atomic E-state index is 9.03. The smallest absolute Gasteiger partial charge is 0.186 e. The second kappa shape index (κ2) is 6.53. The van der Waals surface area contributed by atoms with Crippen LogP contribution in [-0.4, -0.2) is 31.3 Å². The molecule has 0 amide bonds. The van der Waals surface area contributed by atoms with E-state index >= 15 is 0 Å². The normalized spacial score (nSPS) is 23.1. The van der Waals surface area contributed by atoms with E-state index < -0.39 is 0 Å².